The van der Waals surface area contributed by atoms with Crippen LogP contribution < -0.4 is 5.73 Å². The van der Waals surface area contributed by atoms with E-state index in [-0.39, 0.29) is 20.5 Å². The molecule has 14 atom stereocenters. The molecule has 0 amide bonds. The van der Waals surface area contributed by atoms with Crippen molar-refractivity contribution in [3.63, 3.8) is 0 Å². The van der Waals surface area contributed by atoms with Gasteiger partial charge in [0.1, 0.15) is 54.9 Å². The third-order valence-corrected chi connectivity index (χ3v) is 6.55. The summed E-state index contributed by atoms with van der Waals surface area (Å²) in [4.78, 5) is 0. The van der Waals surface area contributed by atoms with Gasteiger partial charge in [0.15, 0.2) is 18.9 Å². The summed E-state index contributed by atoms with van der Waals surface area (Å²) in [5.74, 6) is 0. The van der Waals surface area contributed by atoms with Crippen LogP contribution in [0, 0.1) is 0 Å². The van der Waals surface area contributed by atoms with Crippen molar-refractivity contribution in [2.24, 2.45) is 5.73 Å². The van der Waals surface area contributed by atoms with Gasteiger partial charge in [-0.3, -0.25) is 0 Å². The summed E-state index contributed by atoms with van der Waals surface area (Å²) >= 11 is 0. The summed E-state index contributed by atoms with van der Waals surface area (Å²) in [6.45, 7) is 0.628. The minimum Gasteiger partial charge on any atom is -0.394 e. The Labute approximate surface area is 215 Å². The fourth-order valence-corrected chi connectivity index (χ4v) is 4.38. The second-order valence-corrected chi connectivity index (χ2v) is 9.19. The Hall–Kier alpha value is -0.600. The molecule has 0 saturated carbocycles. The third kappa shape index (κ3) is 7.53. The Morgan fingerprint density at radius 1 is 0.757 bits per heavy atom. The molecule has 3 aliphatic heterocycles. The molecule has 15 nitrogen and oxygen atoms in total. The highest BCUT2D eigenvalue weighted by molar-refractivity contribution is 4.95. The zero-order valence-corrected chi connectivity index (χ0v) is 19.9. The molecule has 3 rings (SSSR count). The largest absolute Gasteiger partial charge is 0.394 e. The van der Waals surface area contributed by atoms with Crippen molar-refractivity contribution in [2.75, 3.05) is 26.4 Å². The molecule has 37 heavy (non-hydrogen) atoms. The summed E-state index contributed by atoms with van der Waals surface area (Å²) in [5.41, 5.74) is 5.53. The van der Waals surface area contributed by atoms with Gasteiger partial charge in [0.25, 0.3) is 0 Å². The fourth-order valence-electron chi connectivity index (χ4n) is 4.38. The SMILES string of the molecule is C.CC1O[C@@H](OC2[C@H](OCCCN)OC(CO)[C@H](O)[C@@H]2O[C@H]2OC(CO)[C@H](O)[C@H](O)C2O)C[C@@H](O)[C@@H]1O. The number of ether oxygens (including phenoxy) is 6. The average Bonchev–Trinajstić information content (AvgIpc) is 2.85. The van der Waals surface area contributed by atoms with Crippen LogP contribution in [-0.2, 0) is 28.4 Å². The summed E-state index contributed by atoms with van der Waals surface area (Å²) < 4.78 is 34.2. The lowest BCUT2D eigenvalue weighted by atomic mass is 9.96. The maximum atomic E-state index is 10.9. The molecular weight excluding hydrogens is 502 g/mol. The molecule has 5 unspecified atom stereocenters. The minimum atomic E-state index is -1.77. The number of hydrogen-bond acceptors (Lipinski definition) is 15. The van der Waals surface area contributed by atoms with Crippen molar-refractivity contribution in [1.82, 2.24) is 0 Å². The molecule has 10 N–H and O–H groups in total. The van der Waals surface area contributed by atoms with Gasteiger partial charge in [-0.25, -0.2) is 0 Å². The maximum Gasteiger partial charge on any atom is 0.187 e. The summed E-state index contributed by atoms with van der Waals surface area (Å²) in [5, 5.41) is 80.9. The van der Waals surface area contributed by atoms with Gasteiger partial charge in [-0.1, -0.05) is 7.43 Å². The van der Waals surface area contributed by atoms with Gasteiger partial charge < -0.3 is 75.0 Å². The van der Waals surface area contributed by atoms with Gasteiger partial charge in [-0.2, -0.15) is 0 Å². The predicted molar refractivity (Wildman–Crippen MR) is 123 cm³/mol. The van der Waals surface area contributed by atoms with Crippen molar-refractivity contribution in [3.05, 3.63) is 0 Å². The van der Waals surface area contributed by atoms with Crippen LogP contribution in [0.15, 0.2) is 0 Å². The van der Waals surface area contributed by atoms with Crippen LogP contribution in [0.25, 0.3) is 0 Å². The molecule has 0 aromatic rings. The van der Waals surface area contributed by atoms with E-state index < -0.39 is 99.2 Å². The molecule has 3 saturated heterocycles. The van der Waals surface area contributed by atoms with Gasteiger partial charge in [-0.15, -0.1) is 0 Å². The van der Waals surface area contributed by atoms with E-state index in [0.29, 0.717) is 13.0 Å². The molecule has 0 spiro atoms. The van der Waals surface area contributed by atoms with Crippen molar-refractivity contribution < 1.29 is 69.3 Å². The van der Waals surface area contributed by atoms with Crippen molar-refractivity contribution in [1.29, 1.82) is 0 Å². The topological polar surface area (TPSA) is 243 Å². The van der Waals surface area contributed by atoms with Crippen LogP contribution in [-0.4, -0.2) is 153 Å². The van der Waals surface area contributed by atoms with Crippen LogP contribution in [0.5, 0.6) is 0 Å². The first-order valence-corrected chi connectivity index (χ1v) is 12.0. The summed E-state index contributed by atoms with van der Waals surface area (Å²) in [6.07, 6.45) is -18.6. The molecule has 0 aromatic heterocycles. The molecule has 0 bridgehead atoms. The van der Waals surface area contributed by atoms with Crippen molar-refractivity contribution in [2.45, 2.75) is 113 Å². The molecule has 0 aromatic carbocycles. The quantitative estimate of drug-likeness (QED) is 0.117. The second-order valence-electron chi connectivity index (χ2n) is 9.19. The smallest absolute Gasteiger partial charge is 0.187 e. The van der Waals surface area contributed by atoms with E-state index in [1.807, 2.05) is 0 Å². The highest BCUT2D eigenvalue weighted by Gasteiger charge is 2.53. The lowest BCUT2D eigenvalue weighted by molar-refractivity contribution is -0.382. The van der Waals surface area contributed by atoms with Crippen molar-refractivity contribution in [3.8, 4) is 0 Å². The predicted octanol–water partition coefficient (Wildman–Crippen LogP) is -4.51. The highest BCUT2D eigenvalue weighted by atomic mass is 16.8. The van der Waals surface area contributed by atoms with Gasteiger partial charge in [0.05, 0.1) is 32.0 Å². The Balaban J connectivity index is 0.00000481. The van der Waals surface area contributed by atoms with Crippen LogP contribution >= 0.6 is 0 Å². The number of rotatable bonds is 10. The van der Waals surface area contributed by atoms with E-state index in [0.717, 1.165) is 0 Å². The number of hydrogen-bond donors (Lipinski definition) is 9. The molecular formula is C22H43NO14. The molecule has 0 aliphatic carbocycles. The molecule has 0 radical (unpaired) electrons. The Morgan fingerprint density at radius 2 is 1.38 bits per heavy atom. The first-order valence-electron chi connectivity index (χ1n) is 12.0. The van der Waals surface area contributed by atoms with E-state index in [1.54, 1.807) is 0 Å². The van der Waals surface area contributed by atoms with Crippen LogP contribution in [0.2, 0.25) is 0 Å². The standard InChI is InChI=1S/C21H39NO14.CH4/c1-8-13(26)9(25)5-12(32-8)35-19-18(15(28)11(7-24)34-21(19)31-4-2-3-22)36-20-17(30)16(29)14(27)10(6-23)33-20;/h8-21,23-30H,2-7,22H2,1H3;1H4/t8?,9-,10?,11?,12+,13-,14+,15+,16+,17?,18+,19?,20-,21-;/m1./s1. The van der Waals surface area contributed by atoms with E-state index in [1.165, 1.54) is 6.92 Å². The van der Waals surface area contributed by atoms with Crippen molar-refractivity contribution >= 4 is 0 Å². The fraction of sp³-hybridized carbons (Fsp3) is 1.00. The van der Waals surface area contributed by atoms with Crippen LogP contribution in [0.1, 0.15) is 27.2 Å². The Kier molecular flexibility index (Phi) is 12.9. The normalized spacial score (nSPS) is 46.9. The zero-order chi connectivity index (χ0) is 26.6. The maximum absolute atomic E-state index is 10.9. The number of aliphatic hydroxyl groups excluding tert-OH is 8. The van der Waals surface area contributed by atoms with E-state index in [2.05, 4.69) is 0 Å². The average molecular weight is 546 g/mol. The molecule has 3 fully saturated rings. The number of nitrogens with two attached hydrogens (primary N) is 1. The first-order chi connectivity index (χ1) is 17.1. The Bertz CT molecular complexity index is 649. The monoisotopic (exact) mass is 545 g/mol. The highest BCUT2D eigenvalue weighted by Crippen LogP contribution is 2.33. The molecule has 3 heterocycles. The zero-order valence-electron chi connectivity index (χ0n) is 19.9. The lowest BCUT2D eigenvalue weighted by Crippen LogP contribution is -2.66. The number of aliphatic hydroxyl groups is 8. The summed E-state index contributed by atoms with van der Waals surface area (Å²) in [6, 6.07) is 0. The second kappa shape index (κ2) is 14.7. The van der Waals surface area contributed by atoms with E-state index in [4.69, 9.17) is 34.2 Å². The van der Waals surface area contributed by atoms with Crippen LogP contribution in [0.4, 0.5) is 0 Å². The Morgan fingerprint density at radius 3 is 1.97 bits per heavy atom. The van der Waals surface area contributed by atoms with Gasteiger partial charge in [0, 0.05) is 6.42 Å². The molecule has 220 valence electrons. The minimum absolute atomic E-state index is 0. The molecule has 15 heteroatoms. The summed E-state index contributed by atoms with van der Waals surface area (Å²) in [7, 11) is 0. The van der Waals surface area contributed by atoms with Gasteiger partial charge in [0.2, 0.25) is 0 Å². The van der Waals surface area contributed by atoms with E-state index >= 15 is 0 Å². The lowest BCUT2D eigenvalue weighted by Gasteiger charge is -2.48. The van der Waals surface area contributed by atoms with E-state index in [9.17, 15) is 40.9 Å². The van der Waals surface area contributed by atoms with Crippen LogP contribution in [0.3, 0.4) is 0 Å². The van der Waals surface area contributed by atoms with Gasteiger partial charge in [-0.05, 0) is 19.9 Å². The van der Waals surface area contributed by atoms with Gasteiger partial charge >= 0.3 is 0 Å². The molecule has 3 aliphatic rings. The third-order valence-electron chi connectivity index (χ3n) is 6.55. The first kappa shape index (κ1) is 32.6.